The van der Waals surface area contributed by atoms with Gasteiger partial charge < -0.3 is 14.4 Å². The lowest BCUT2D eigenvalue weighted by Crippen LogP contribution is -2.51. The van der Waals surface area contributed by atoms with E-state index >= 15 is 0 Å². The number of carbonyl (C=O) groups excluding carboxylic acids is 1. The number of aryl methyl sites for hydroxylation is 1. The van der Waals surface area contributed by atoms with E-state index < -0.39 is 0 Å². The lowest BCUT2D eigenvalue weighted by Gasteiger charge is -2.38. The fourth-order valence-electron chi connectivity index (χ4n) is 3.29. The van der Waals surface area contributed by atoms with E-state index in [-0.39, 0.29) is 5.92 Å². The van der Waals surface area contributed by atoms with Crippen LogP contribution in [0.2, 0.25) is 0 Å². The van der Waals surface area contributed by atoms with Crippen LogP contribution in [0.3, 0.4) is 0 Å². The van der Waals surface area contributed by atoms with Gasteiger partial charge in [0.25, 0.3) is 0 Å². The number of amides is 1. The van der Waals surface area contributed by atoms with Crippen LogP contribution in [0.15, 0.2) is 24.5 Å². The van der Waals surface area contributed by atoms with Crippen molar-refractivity contribution in [3.63, 3.8) is 0 Å². The maximum absolute atomic E-state index is 12.3. The van der Waals surface area contributed by atoms with Crippen molar-refractivity contribution in [2.45, 2.75) is 19.3 Å². The number of hydrogen-bond donors (Lipinski definition) is 0. The van der Waals surface area contributed by atoms with Gasteiger partial charge in [0.2, 0.25) is 5.91 Å². The zero-order valence-electron chi connectivity index (χ0n) is 13.9. The summed E-state index contributed by atoms with van der Waals surface area (Å²) in [5, 5.41) is 8.66. The van der Waals surface area contributed by atoms with Crippen molar-refractivity contribution in [2.75, 3.05) is 31.1 Å². The van der Waals surface area contributed by atoms with Crippen molar-refractivity contribution in [3.05, 3.63) is 24.5 Å². The molecule has 0 radical (unpaired) electrons. The summed E-state index contributed by atoms with van der Waals surface area (Å²) in [5.74, 6) is 2.30. The van der Waals surface area contributed by atoms with Crippen molar-refractivity contribution in [1.82, 2.24) is 24.6 Å². The molecule has 2 aliphatic rings. The largest absolute Gasteiger partial charge is 0.352 e. The molecule has 1 aliphatic heterocycles. The SMILES string of the molecule is Cn1ccnc1-c1ccc(N2CCN(C(=O)C3CCC3)CC2)nn1. The Morgan fingerprint density at radius 1 is 1.12 bits per heavy atom. The van der Waals surface area contributed by atoms with E-state index in [1.165, 1.54) is 6.42 Å². The average molecular weight is 326 g/mol. The summed E-state index contributed by atoms with van der Waals surface area (Å²) >= 11 is 0. The van der Waals surface area contributed by atoms with Crippen LogP contribution >= 0.6 is 0 Å². The van der Waals surface area contributed by atoms with E-state index in [1.807, 2.05) is 34.8 Å². The van der Waals surface area contributed by atoms with Gasteiger partial charge in [-0.3, -0.25) is 4.79 Å². The Morgan fingerprint density at radius 3 is 2.46 bits per heavy atom. The van der Waals surface area contributed by atoms with Crippen LogP contribution in [-0.4, -0.2) is 56.7 Å². The summed E-state index contributed by atoms with van der Waals surface area (Å²) in [6.45, 7) is 3.18. The van der Waals surface area contributed by atoms with E-state index in [0.717, 1.165) is 56.4 Å². The second-order valence-electron chi connectivity index (χ2n) is 6.58. The first-order chi connectivity index (χ1) is 11.7. The molecule has 2 aromatic rings. The summed E-state index contributed by atoms with van der Waals surface area (Å²) in [6.07, 6.45) is 6.99. The fraction of sp³-hybridized carbons (Fsp3) is 0.529. The van der Waals surface area contributed by atoms with Gasteiger partial charge in [-0.1, -0.05) is 6.42 Å². The van der Waals surface area contributed by atoms with Gasteiger partial charge in [0.05, 0.1) is 0 Å². The van der Waals surface area contributed by atoms with Crippen molar-refractivity contribution in [2.24, 2.45) is 13.0 Å². The standard InChI is InChI=1S/C17H22N6O/c1-21-8-7-18-16(21)14-5-6-15(20-19-14)22-9-11-23(12-10-22)17(24)13-3-2-4-13/h5-8,13H,2-4,9-12H2,1H3. The van der Waals surface area contributed by atoms with E-state index in [9.17, 15) is 4.79 Å². The number of nitrogens with zero attached hydrogens (tertiary/aromatic N) is 6. The molecule has 0 spiro atoms. The first-order valence-electron chi connectivity index (χ1n) is 8.57. The Bertz CT molecular complexity index is 713. The zero-order valence-corrected chi connectivity index (χ0v) is 13.9. The summed E-state index contributed by atoms with van der Waals surface area (Å²) in [4.78, 5) is 20.8. The Kier molecular flexibility index (Phi) is 3.92. The van der Waals surface area contributed by atoms with Crippen molar-refractivity contribution >= 4 is 11.7 Å². The van der Waals surface area contributed by atoms with Crippen molar-refractivity contribution in [3.8, 4) is 11.5 Å². The molecule has 3 heterocycles. The molecule has 1 aliphatic carbocycles. The third kappa shape index (κ3) is 2.74. The molecule has 2 aromatic heterocycles. The molecular weight excluding hydrogens is 304 g/mol. The van der Waals surface area contributed by atoms with Gasteiger partial charge in [-0.15, -0.1) is 10.2 Å². The Morgan fingerprint density at radius 2 is 1.92 bits per heavy atom. The van der Waals surface area contributed by atoms with E-state index in [1.54, 1.807) is 6.20 Å². The summed E-state index contributed by atoms with van der Waals surface area (Å²) in [6, 6.07) is 3.94. The van der Waals surface area contributed by atoms with Crippen LogP contribution < -0.4 is 4.90 Å². The molecule has 2 fully saturated rings. The highest BCUT2D eigenvalue weighted by molar-refractivity contribution is 5.79. The van der Waals surface area contributed by atoms with Crippen LogP contribution in [0.25, 0.3) is 11.5 Å². The predicted octanol–water partition coefficient (Wildman–Crippen LogP) is 1.33. The molecule has 7 heteroatoms. The van der Waals surface area contributed by atoms with Crippen molar-refractivity contribution in [1.29, 1.82) is 0 Å². The normalized spacial score (nSPS) is 18.5. The smallest absolute Gasteiger partial charge is 0.225 e. The maximum Gasteiger partial charge on any atom is 0.225 e. The number of imidazole rings is 1. The Hall–Kier alpha value is -2.44. The molecule has 0 N–H and O–H groups in total. The molecule has 4 rings (SSSR count). The number of aromatic nitrogens is 4. The Labute approximate surface area is 141 Å². The van der Waals surface area contributed by atoms with Gasteiger partial charge in [-0.25, -0.2) is 4.98 Å². The molecule has 1 saturated carbocycles. The first-order valence-corrected chi connectivity index (χ1v) is 8.57. The summed E-state index contributed by atoms with van der Waals surface area (Å²) < 4.78 is 1.93. The van der Waals surface area contributed by atoms with Crippen LogP contribution in [0.4, 0.5) is 5.82 Å². The van der Waals surface area contributed by atoms with E-state index in [4.69, 9.17) is 0 Å². The Balaban J connectivity index is 1.39. The molecule has 24 heavy (non-hydrogen) atoms. The van der Waals surface area contributed by atoms with Crippen LogP contribution in [0.1, 0.15) is 19.3 Å². The van der Waals surface area contributed by atoms with Crippen molar-refractivity contribution < 1.29 is 4.79 Å². The topological polar surface area (TPSA) is 67.2 Å². The highest BCUT2D eigenvalue weighted by Crippen LogP contribution is 2.28. The van der Waals surface area contributed by atoms with Gasteiger partial charge in [-0.05, 0) is 25.0 Å². The number of hydrogen-bond acceptors (Lipinski definition) is 5. The van der Waals surface area contributed by atoms with Crippen LogP contribution in [-0.2, 0) is 11.8 Å². The molecular formula is C17H22N6O. The summed E-state index contributed by atoms with van der Waals surface area (Å²) in [7, 11) is 1.94. The van der Waals surface area contributed by atoms with Gasteiger partial charge >= 0.3 is 0 Å². The predicted molar refractivity (Wildman–Crippen MR) is 90.4 cm³/mol. The summed E-state index contributed by atoms with van der Waals surface area (Å²) in [5.41, 5.74) is 0.769. The van der Waals surface area contributed by atoms with Gasteiger partial charge in [-0.2, -0.15) is 0 Å². The average Bonchev–Trinajstić information content (AvgIpc) is 3.00. The minimum absolute atomic E-state index is 0.286. The minimum Gasteiger partial charge on any atom is -0.352 e. The molecule has 0 aromatic carbocycles. The first kappa shape index (κ1) is 15.1. The molecule has 0 unspecified atom stereocenters. The number of carbonyl (C=O) groups is 1. The molecule has 1 amide bonds. The third-order valence-corrected chi connectivity index (χ3v) is 5.07. The van der Waals surface area contributed by atoms with E-state index in [0.29, 0.717) is 5.91 Å². The zero-order chi connectivity index (χ0) is 16.5. The number of piperazine rings is 1. The quantitative estimate of drug-likeness (QED) is 0.851. The second kappa shape index (κ2) is 6.22. The molecule has 126 valence electrons. The van der Waals surface area contributed by atoms with Gasteiger partial charge in [0, 0.05) is 51.5 Å². The molecule has 0 bridgehead atoms. The lowest BCUT2D eigenvalue weighted by atomic mass is 9.84. The number of anilines is 1. The van der Waals surface area contributed by atoms with Crippen LogP contribution in [0, 0.1) is 5.92 Å². The van der Waals surface area contributed by atoms with E-state index in [2.05, 4.69) is 20.1 Å². The maximum atomic E-state index is 12.3. The molecule has 0 atom stereocenters. The number of rotatable bonds is 3. The molecule has 7 nitrogen and oxygen atoms in total. The molecule has 1 saturated heterocycles. The lowest BCUT2D eigenvalue weighted by molar-refractivity contribution is -0.138. The van der Waals surface area contributed by atoms with Gasteiger partial charge in [0.1, 0.15) is 5.69 Å². The van der Waals surface area contributed by atoms with Gasteiger partial charge in [0.15, 0.2) is 11.6 Å². The fourth-order valence-corrected chi connectivity index (χ4v) is 3.29. The monoisotopic (exact) mass is 326 g/mol. The minimum atomic E-state index is 0.286. The second-order valence-corrected chi connectivity index (χ2v) is 6.58. The third-order valence-electron chi connectivity index (χ3n) is 5.07. The van der Waals surface area contributed by atoms with Crippen LogP contribution in [0.5, 0.6) is 0 Å². The highest BCUT2D eigenvalue weighted by Gasteiger charge is 2.31. The highest BCUT2D eigenvalue weighted by atomic mass is 16.2.